The van der Waals surface area contributed by atoms with Crippen LogP contribution in [-0.2, 0) is 0 Å². The molecule has 4 N–H and O–H groups in total. The van der Waals surface area contributed by atoms with Gasteiger partial charge in [-0.25, -0.2) is 4.79 Å². The minimum absolute atomic E-state index is 0.186. The topological polar surface area (TPSA) is 75.3 Å². The van der Waals surface area contributed by atoms with Crippen molar-refractivity contribution in [3.05, 3.63) is 23.8 Å². The van der Waals surface area contributed by atoms with Crippen LogP contribution in [0, 0.1) is 11.8 Å². The van der Waals surface area contributed by atoms with Gasteiger partial charge in [-0.05, 0) is 55.7 Å². The highest BCUT2D eigenvalue weighted by molar-refractivity contribution is 5.94. The van der Waals surface area contributed by atoms with Crippen molar-refractivity contribution in [1.82, 2.24) is 0 Å². The third kappa shape index (κ3) is 2.28. The number of hydrogen-bond acceptors (Lipinski definition) is 3. The molecule has 0 spiro atoms. The molecule has 4 heteroatoms. The van der Waals surface area contributed by atoms with E-state index in [1.54, 1.807) is 12.1 Å². The molecular weight excluding hydrogens is 228 g/mol. The summed E-state index contributed by atoms with van der Waals surface area (Å²) in [5.74, 6) is 0.595. The Morgan fingerprint density at radius 2 is 1.89 bits per heavy atom. The summed E-state index contributed by atoms with van der Waals surface area (Å²) in [6, 6.07) is 5.72. The second kappa shape index (κ2) is 4.19. The smallest absolute Gasteiger partial charge is 0.337 e. The van der Waals surface area contributed by atoms with Crippen LogP contribution in [0.5, 0.6) is 0 Å². The van der Waals surface area contributed by atoms with Gasteiger partial charge in [-0.3, -0.25) is 0 Å². The average Bonchev–Trinajstić information content (AvgIpc) is 3.20. The molecule has 0 atom stereocenters. The molecule has 4 nitrogen and oxygen atoms in total. The van der Waals surface area contributed by atoms with Crippen LogP contribution in [0.4, 0.5) is 11.4 Å². The van der Waals surface area contributed by atoms with Crippen LogP contribution < -0.4 is 11.1 Å². The minimum atomic E-state index is -0.967. The number of rotatable bonds is 5. The largest absolute Gasteiger partial charge is 0.478 e. The van der Waals surface area contributed by atoms with Crippen molar-refractivity contribution >= 4 is 17.3 Å². The first-order valence-corrected chi connectivity index (χ1v) is 6.54. The van der Waals surface area contributed by atoms with Crippen LogP contribution in [0.25, 0.3) is 0 Å². The number of nitrogen functional groups attached to an aromatic ring is 1. The number of benzene rings is 1. The van der Waals surface area contributed by atoms with Gasteiger partial charge in [0, 0.05) is 17.4 Å². The molecule has 0 bridgehead atoms. The number of nitrogens with one attached hydrogen (secondary N) is 1. The monoisotopic (exact) mass is 246 g/mol. The predicted molar refractivity (Wildman–Crippen MR) is 70.7 cm³/mol. The Morgan fingerprint density at radius 1 is 1.28 bits per heavy atom. The second-order valence-electron chi connectivity index (χ2n) is 5.45. The van der Waals surface area contributed by atoms with Gasteiger partial charge in [0.1, 0.15) is 0 Å². The summed E-state index contributed by atoms with van der Waals surface area (Å²) in [5.41, 5.74) is 7.04. The van der Waals surface area contributed by atoms with Crippen molar-refractivity contribution < 1.29 is 9.90 Å². The van der Waals surface area contributed by atoms with E-state index in [0.29, 0.717) is 11.7 Å². The van der Waals surface area contributed by atoms with Crippen molar-refractivity contribution in [2.45, 2.75) is 31.7 Å². The summed E-state index contributed by atoms with van der Waals surface area (Å²) in [6.45, 7) is 0. The van der Waals surface area contributed by atoms with E-state index in [1.807, 2.05) is 6.07 Å². The van der Waals surface area contributed by atoms with Gasteiger partial charge < -0.3 is 16.2 Å². The van der Waals surface area contributed by atoms with Gasteiger partial charge in [0.2, 0.25) is 0 Å². The zero-order valence-electron chi connectivity index (χ0n) is 10.2. The Balaban J connectivity index is 1.78. The maximum Gasteiger partial charge on any atom is 0.337 e. The third-order valence-electron chi connectivity index (χ3n) is 3.88. The molecule has 2 fully saturated rings. The minimum Gasteiger partial charge on any atom is -0.478 e. The quantitative estimate of drug-likeness (QED) is 0.698. The van der Waals surface area contributed by atoms with Gasteiger partial charge in [-0.15, -0.1) is 0 Å². The third-order valence-corrected chi connectivity index (χ3v) is 3.88. The fraction of sp³-hybridized carbons (Fsp3) is 0.500. The van der Waals surface area contributed by atoms with Crippen LogP contribution in [0.15, 0.2) is 18.2 Å². The molecule has 3 rings (SSSR count). The van der Waals surface area contributed by atoms with E-state index >= 15 is 0 Å². The average molecular weight is 246 g/mol. The van der Waals surface area contributed by atoms with E-state index < -0.39 is 5.97 Å². The summed E-state index contributed by atoms with van der Waals surface area (Å²) >= 11 is 0. The number of carboxylic acids is 1. The lowest BCUT2D eigenvalue weighted by Crippen LogP contribution is -2.24. The lowest BCUT2D eigenvalue weighted by molar-refractivity contribution is 0.0698. The lowest BCUT2D eigenvalue weighted by atomic mass is 10.1. The highest BCUT2D eigenvalue weighted by atomic mass is 16.4. The van der Waals surface area contributed by atoms with Gasteiger partial charge in [0.25, 0.3) is 0 Å². The summed E-state index contributed by atoms with van der Waals surface area (Å²) < 4.78 is 0. The molecule has 0 saturated heterocycles. The Hall–Kier alpha value is -1.71. The van der Waals surface area contributed by atoms with Crippen molar-refractivity contribution in [1.29, 1.82) is 0 Å². The molecule has 2 saturated carbocycles. The highest BCUT2D eigenvalue weighted by Crippen LogP contribution is 2.45. The van der Waals surface area contributed by atoms with E-state index in [1.165, 1.54) is 25.7 Å². The lowest BCUT2D eigenvalue weighted by Gasteiger charge is -2.19. The van der Waals surface area contributed by atoms with Crippen molar-refractivity contribution in [2.24, 2.45) is 11.8 Å². The first kappa shape index (κ1) is 11.4. The Labute approximate surface area is 106 Å². The van der Waals surface area contributed by atoms with Gasteiger partial charge in [0.15, 0.2) is 0 Å². The molecule has 0 aromatic heterocycles. The van der Waals surface area contributed by atoms with Crippen LogP contribution in [-0.4, -0.2) is 17.1 Å². The molecule has 2 aliphatic carbocycles. The number of anilines is 2. The predicted octanol–water partition coefficient (Wildman–Crippen LogP) is 2.57. The summed E-state index contributed by atoms with van der Waals surface area (Å²) in [7, 11) is 0. The molecule has 0 unspecified atom stereocenters. The first-order chi connectivity index (χ1) is 8.65. The second-order valence-corrected chi connectivity index (χ2v) is 5.45. The molecule has 0 amide bonds. The van der Waals surface area contributed by atoms with E-state index in [-0.39, 0.29) is 5.56 Å². The van der Waals surface area contributed by atoms with E-state index in [4.69, 9.17) is 10.8 Å². The summed E-state index contributed by atoms with van der Waals surface area (Å²) in [5, 5.41) is 12.6. The zero-order chi connectivity index (χ0) is 12.7. The van der Waals surface area contributed by atoms with Crippen LogP contribution in [0.2, 0.25) is 0 Å². The van der Waals surface area contributed by atoms with Gasteiger partial charge in [-0.1, -0.05) is 0 Å². The van der Waals surface area contributed by atoms with Crippen LogP contribution >= 0.6 is 0 Å². The Kier molecular flexibility index (Phi) is 2.65. The maximum atomic E-state index is 11.0. The molecule has 0 heterocycles. The molecule has 2 aliphatic rings. The van der Waals surface area contributed by atoms with Crippen molar-refractivity contribution in [3.63, 3.8) is 0 Å². The van der Waals surface area contributed by atoms with Crippen molar-refractivity contribution in [3.8, 4) is 0 Å². The number of nitrogens with two attached hydrogens (primary N) is 1. The maximum absolute atomic E-state index is 11.0. The van der Waals surface area contributed by atoms with E-state index in [9.17, 15) is 4.79 Å². The van der Waals surface area contributed by atoms with Crippen LogP contribution in [0.1, 0.15) is 36.0 Å². The van der Waals surface area contributed by atoms with E-state index in [0.717, 1.165) is 17.5 Å². The Bertz CT molecular complexity index is 467. The van der Waals surface area contributed by atoms with Gasteiger partial charge >= 0.3 is 5.97 Å². The van der Waals surface area contributed by atoms with Gasteiger partial charge in [-0.2, -0.15) is 0 Å². The number of hydrogen-bond donors (Lipinski definition) is 3. The van der Waals surface area contributed by atoms with Crippen molar-refractivity contribution in [2.75, 3.05) is 11.1 Å². The molecular formula is C14H18N2O2. The van der Waals surface area contributed by atoms with Gasteiger partial charge in [0.05, 0.1) is 5.56 Å². The standard InChI is InChI=1S/C14H18N2O2/c15-12-6-5-10(7-11(12)14(17)18)16-13(8-1-2-8)9-3-4-9/h5-9,13,16H,1-4,15H2,(H,17,18). The molecule has 18 heavy (non-hydrogen) atoms. The molecule has 1 aromatic carbocycles. The highest BCUT2D eigenvalue weighted by Gasteiger charge is 2.41. The molecule has 96 valence electrons. The Morgan fingerprint density at radius 3 is 2.39 bits per heavy atom. The molecule has 1 aromatic rings. The number of carbonyl (C=O) groups is 1. The van der Waals surface area contributed by atoms with E-state index in [2.05, 4.69) is 5.32 Å². The fourth-order valence-corrected chi connectivity index (χ4v) is 2.56. The summed E-state index contributed by atoms with van der Waals surface area (Å²) in [6.07, 6.45) is 5.20. The number of carboxylic acid groups (broad SMARTS) is 1. The number of aromatic carboxylic acids is 1. The molecule has 0 aliphatic heterocycles. The van der Waals surface area contributed by atoms with Crippen LogP contribution in [0.3, 0.4) is 0 Å². The SMILES string of the molecule is Nc1ccc(NC(C2CC2)C2CC2)cc1C(=O)O. The fourth-order valence-electron chi connectivity index (χ4n) is 2.56. The zero-order valence-corrected chi connectivity index (χ0v) is 10.2. The normalized spacial score (nSPS) is 18.9. The molecule has 0 radical (unpaired) electrons. The summed E-state index contributed by atoms with van der Waals surface area (Å²) in [4.78, 5) is 11.0. The first-order valence-electron chi connectivity index (χ1n) is 6.54.